The van der Waals surface area contributed by atoms with Crippen LogP contribution in [-0.2, 0) is 0 Å². The van der Waals surface area contributed by atoms with Gasteiger partial charge in [0.05, 0.1) is 0 Å². The van der Waals surface area contributed by atoms with Crippen LogP contribution in [0.2, 0.25) is 0 Å². The molecule has 15 heavy (non-hydrogen) atoms. The Bertz CT molecular complexity index is 188. The Morgan fingerprint density at radius 2 is 1.53 bits per heavy atom. The largest absolute Gasteiger partial charge is 0.311 e. The first-order valence-electron chi connectivity index (χ1n) is 6.93. The van der Waals surface area contributed by atoms with Gasteiger partial charge >= 0.3 is 0 Å². The van der Waals surface area contributed by atoms with Gasteiger partial charge in [-0.1, -0.05) is 26.7 Å². The zero-order valence-corrected chi connectivity index (χ0v) is 10.6. The predicted molar refractivity (Wildman–Crippen MR) is 65.9 cm³/mol. The van der Waals surface area contributed by atoms with Crippen LogP contribution in [0.1, 0.15) is 59.3 Å². The van der Waals surface area contributed by atoms with Gasteiger partial charge in [-0.05, 0) is 50.4 Å². The first-order valence-corrected chi connectivity index (χ1v) is 6.93. The average Bonchev–Trinajstić information content (AvgIpc) is 2.61. The molecule has 2 saturated carbocycles. The molecule has 0 aliphatic heterocycles. The monoisotopic (exact) mass is 209 g/mol. The van der Waals surface area contributed by atoms with Crippen LogP contribution in [0.15, 0.2) is 0 Å². The van der Waals surface area contributed by atoms with E-state index in [4.69, 9.17) is 0 Å². The Morgan fingerprint density at radius 3 is 2.07 bits per heavy atom. The summed E-state index contributed by atoms with van der Waals surface area (Å²) in [5.41, 5.74) is 0. The molecule has 0 amide bonds. The minimum Gasteiger partial charge on any atom is -0.311 e. The fourth-order valence-electron chi connectivity index (χ4n) is 3.31. The van der Waals surface area contributed by atoms with Crippen LogP contribution in [0, 0.1) is 17.8 Å². The van der Waals surface area contributed by atoms with Crippen molar-refractivity contribution in [3.8, 4) is 0 Å². The molecule has 0 heterocycles. The minimum absolute atomic E-state index is 0.769. The van der Waals surface area contributed by atoms with Gasteiger partial charge in [0.2, 0.25) is 0 Å². The maximum atomic E-state index is 3.84. The van der Waals surface area contributed by atoms with E-state index in [1.54, 1.807) is 0 Å². The fraction of sp³-hybridized carbons (Fsp3) is 1.00. The molecule has 1 atom stereocenters. The topological polar surface area (TPSA) is 12.0 Å². The van der Waals surface area contributed by atoms with Crippen LogP contribution < -0.4 is 5.32 Å². The van der Waals surface area contributed by atoms with Crippen LogP contribution >= 0.6 is 0 Å². The van der Waals surface area contributed by atoms with Crippen molar-refractivity contribution in [2.24, 2.45) is 17.8 Å². The third-order valence-corrected chi connectivity index (χ3v) is 4.72. The number of rotatable bonds is 4. The molecule has 0 aromatic rings. The molecule has 0 aromatic heterocycles. The molecule has 1 nitrogen and oxygen atoms in total. The number of nitrogens with one attached hydrogen (secondary N) is 1. The van der Waals surface area contributed by atoms with Gasteiger partial charge in [0, 0.05) is 12.1 Å². The molecule has 0 bridgehead atoms. The van der Waals surface area contributed by atoms with E-state index in [0.717, 1.165) is 29.8 Å². The maximum absolute atomic E-state index is 3.84. The quantitative estimate of drug-likeness (QED) is 0.746. The molecular formula is C14H27N. The van der Waals surface area contributed by atoms with Gasteiger partial charge in [0.1, 0.15) is 0 Å². The summed E-state index contributed by atoms with van der Waals surface area (Å²) in [7, 11) is 0. The van der Waals surface area contributed by atoms with Gasteiger partial charge < -0.3 is 5.32 Å². The molecular weight excluding hydrogens is 182 g/mol. The van der Waals surface area contributed by atoms with Crippen molar-refractivity contribution in [3.63, 3.8) is 0 Å². The second-order valence-electron chi connectivity index (χ2n) is 6.17. The van der Waals surface area contributed by atoms with E-state index in [9.17, 15) is 0 Å². The van der Waals surface area contributed by atoms with E-state index < -0.39 is 0 Å². The third-order valence-electron chi connectivity index (χ3n) is 4.72. The third kappa shape index (κ3) is 2.75. The number of hydrogen-bond acceptors (Lipinski definition) is 1. The van der Waals surface area contributed by atoms with Crippen molar-refractivity contribution in [2.45, 2.75) is 71.4 Å². The summed E-state index contributed by atoms with van der Waals surface area (Å²) in [5.74, 6) is 2.87. The van der Waals surface area contributed by atoms with Crippen molar-refractivity contribution in [2.75, 3.05) is 0 Å². The Morgan fingerprint density at radius 1 is 0.933 bits per heavy atom. The summed E-state index contributed by atoms with van der Waals surface area (Å²) in [6.45, 7) is 7.13. The molecule has 0 saturated heterocycles. The molecule has 0 radical (unpaired) electrons. The van der Waals surface area contributed by atoms with Gasteiger partial charge in [-0.3, -0.25) is 0 Å². The second-order valence-corrected chi connectivity index (χ2v) is 6.17. The smallest absolute Gasteiger partial charge is 0.00751 e. The normalized spacial score (nSPS) is 34.4. The van der Waals surface area contributed by atoms with Gasteiger partial charge in [-0.15, -0.1) is 0 Å². The lowest BCUT2D eigenvalue weighted by atomic mass is 9.73. The van der Waals surface area contributed by atoms with E-state index in [1.165, 1.54) is 38.5 Å². The lowest BCUT2D eigenvalue weighted by Crippen LogP contribution is -2.48. The van der Waals surface area contributed by atoms with E-state index in [2.05, 4.69) is 26.1 Å². The molecule has 0 unspecified atom stereocenters. The molecule has 1 heteroatoms. The minimum atomic E-state index is 0.769. The van der Waals surface area contributed by atoms with E-state index in [-0.39, 0.29) is 0 Å². The zero-order valence-electron chi connectivity index (χ0n) is 10.6. The van der Waals surface area contributed by atoms with Crippen LogP contribution in [0.4, 0.5) is 0 Å². The number of hydrogen-bond donors (Lipinski definition) is 1. The molecule has 2 fully saturated rings. The molecule has 2 aliphatic rings. The summed E-state index contributed by atoms with van der Waals surface area (Å²) < 4.78 is 0. The lowest BCUT2D eigenvalue weighted by molar-refractivity contribution is 0.148. The first-order chi connectivity index (χ1) is 7.16. The molecule has 1 N–H and O–H groups in total. The lowest BCUT2D eigenvalue weighted by Gasteiger charge is -2.41. The van der Waals surface area contributed by atoms with Gasteiger partial charge in [-0.2, -0.15) is 0 Å². The summed E-state index contributed by atoms with van der Waals surface area (Å²) >= 11 is 0. The molecule has 0 aromatic carbocycles. The summed E-state index contributed by atoms with van der Waals surface area (Å²) in [4.78, 5) is 0. The second kappa shape index (κ2) is 4.86. The SMILES string of the molecule is CC(C)C1CC(N[C@@H](C)C2CCCC2)C1. The van der Waals surface area contributed by atoms with Crippen LogP contribution in [0.3, 0.4) is 0 Å². The average molecular weight is 209 g/mol. The van der Waals surface area contributed by atoms with E-state index in [1.807, 2.05) is 0 Å². The standard InChI is InChI=1S/C14H27N/c1-10(2)13-8-14(9-13)15-11(3)12-6-4-5-7-12/h10-15H,4-9H2,1-3H3/t11-,13?,14?/m0/s1. The zero-order chi connectivity index (χ0) is 10.8. The van der Waals surface area contributed by atoms with E-state index in [0.29, 0.717) is 0 Å². The van der Waals surface area contributed by atoms with Crippen molar-refractivity contribution in [1.29, 1.82) is 0 Å². The molecule has 2 rings (SSSR count). The van der Waals surface area contributed by atoms with Gasteiger partial charge in [0.25, 0.3) is 0 Å². The summed E-state index contributed by atoms with van der Waals surface area (Å²) in [6.07, 6.45) is 8.72. The van der Waals surface area contributed by atoms with Crippen LogP contribution in [-0.4, -0.2) is 12.1 Å². The highest BCUT2D eigenvalue weighted by Crippen LogP contribution is 2.35. The van der Waals surface area contributed by atoms with E-state index >= 15 is 0 Å². The summed E-state index contributed by atoms with van der Waals surface area (Å²) in [6, 6.07) is 1.61. The van der Waals surface area contributed by atoms with Crippen LogP contribution in [0.5, 0.6) is 0 Å². The van der Waals surface area contributed by atoms with Gasteiger partial charge in [0.15, 0.2) is 0 Å². The van der Waals surface area contributed by atoms with Gasteiger partial charge in [-0.25, -0.2) is 0 Å². The Balaban J connectivity index is 1.66. The molecule has 0 spiro atoms. The van der Waals surface area contributed by atoms with Crippen LogP contribution in [0.25, 0.3) is 0 Å². The van der Waals surface area contributed by atoms with Crippen molar-refractivity contribution < 1.29 is 0 Å². The Hall–Kier alpha value is -0.0400. The first kappa shape index (κ1) is 11.4. The van der Waals surface area contributed by atoms with Crippen molar-refractivity contribution in [1.82, 2.24) is 5.32 Å². The highest BCUT2D eigenvalue weighted by Gasteiger charge is 2.33. The maximum Gasteiger partial charge on any atom is 0.00751 e. The Labute approximate surface area is 95.0 Å². The van der Waals surface area contributed by atoms with Crippen molar-refractivity contribution >= 4 is 0 Å². The Kier molecular flexibility index (Phi) is 3.71. The highest BCUT2D eigenvalue weighted by molar-refractivity contribution is 4.89. The summed E-state index contributed by atoms with van der Waals surface area (Å²) in [5, 5.41) is 3.84. The predicted octanol–water partition coefficient (Wildman–Crippen LogP) is 3.59. The highest BCUT2D eigenvalue weighted by atomic mass is 15.0. The fourth-order valence-corrected chi connectivity index (χ4v) is 3.31. The van der Waals surface area contributed by atoms with Crippen molar-refractivity contribution in [3.05, 3.63) is 0 Å². The molecule has 2 aliphatic carbocycles. The molecule has 88 valence electrons.